The lowest BCUT2D eigenvalue weighted by Crippen LogP contribution is -2.38. The number of rotatable bonds is 4. The summed E-state index contributed by atoms with van der Waals surface area (Å²) in [7, 11) is 0. The zero-order valence-corrected chi connectivity index (χ0v) is 11.0. The largest absolute Gasteiger partial charge is 0.481 e. The van der Waals surface area contributed by atoms with Crippen LogP contribution < -0.4 is 0 Å². The van der Waals surface area contributed by atoms with Crippen LogP contribution in [0.2, 0.25) is 0 Å². The Morgan fingerprint density at radius 2 is 2.40 bits per heavy atom. The molecule has 6 heteroatoms. The maximum Gasteiger partial charge on any atom is 0.307 e. The van der Waals surface area contributed by atoms with Crippen LogP contribution in [0.3, 0.4) is 0 Å². The molecule has 0 amide bonds. The normalized spacial score (nSPS) is 20.1. The van der Waals surface area contributed by atoms with Gasteiger partial charge in [-0.2, -0.15) is 0 Å². The van der Waals surface area contributed by atoms with Crippen LogP contribution in [0.5, 0.6) is 0 Å². The van der Waals surface area contributed by atoms with Crippen LogP contribution in [0.25, 0.3) is 11.5 Å². The van der Waals surface area contributed by atoms with E-state index in [9.17, 15) is 4.79 Å². The third-order valence-corrected chi connectivity index (χ3v) is 3.56. The Morgan fingerprint density at radius 1 is 1.50 bits per heavy atom. The van der Waals surface area contributed by atoms with Gasteiger partial charge in [-0.25, -0.2) is 0 Å². The third kappa shape index (κ3) is 2.75. The molecular weight excluding hydrogens is 260 g/mol. The fraction of sp³-hybridized carbons (Fsp3) is 0.429. The Morgan fingerprint density at radius 3 is 3.15 bits per heavy atom. The minimum Gasteiger partial charge on any atom is -0.481 e. The molecule has 3 rings (SSSR count). The molecule has 1 unspecified atom stereocenters. The van der Waals surface area contributed by atoms with Crippen LogP contribution in [-0.2, 0) is 11.3 Å². The van der Waals surface area contributed by atoms with E-state index < -0.39 is 5.97 Å². The summed E-state index contributed by atoms with van der Waals surface area (Å²) < 4.78 is 10.5. The van der Waals surface area contributed by atoms with Gasteiger partial charge in [-0.05, 0) is 31.5 Å². The molecule has 20 heavy (non-hydrogen) atoms. The SMILES string of the molecule is O=C(O)C1CCCN(Cc2cc(-c3ccco3)on2)C1. The molecule has 1 atom stereocenters. The minimum atomic E-state index is -0.717. The molecule has 1 aliphatic rings. The van der Waals surface area contributed by atoms with Crippen molar-refractivity contribution in [2.24, 2.45) is 5.92 Å². The molecule has 3 heterocycles. The number of furan rings is 1. The fourth-order valence-corrected chi connectivity index (χ4v) is 2.55. The Labute approximate surface area is 116 Å². The number of carboxylic acid groups (broad SMARTS) is 1. The molecule has 1 aliphatic heterocycles. The van der Waals surface area contributed by atoms with Gasteiger partial charge in [-0.15, -0.1) is 0 Å². The molecule has 0 saturated carbocycles. The van der Waals surface area contributed by atoms with E-state index in [1.54, 1.807) is 12.3 Å². The summed E-state index contributed by atoms with van der Waals surface area (Å²) in [6.07, 6.45) is 3.24. The standard InChI is InChI=1S/C14H16N2O4/c17-14(18)10-3-1-5-16(8-10)9-11-7-13(20-15-11)12-4-2-6-19-12/h2,4,6-7,10H,1,3,5,8-9H2,(H,17,18). The highest BCUT2D eigenvalue weighted by molar-refractivity contribution is 5.70. The van der Waals surface area contributed by atoms with Gasteiger partial charge in [-0.3, -0.25) is 9.69 Å². The lowest BCUT2D eigenvalue weighted by atomic mass is 9.98. The maximum atomic E-state index is 11.0. The second kappa shape index (κ2) is 5.50. The Bertz CT molecular complexity index is 576. The van der Waals surface area contributed by atoms with Crippen molar-refractivity contribution < 1.29 is 18.8 Å². The van der Waals surface area contributed by atoms with Crippen LogP contribution in [0.1, 0.15) is 18.5 Å². The summed E-state index contributed by atoms with van der Waals surface area (Å²) in [5, 5.41) is 13.1. The van der Waals surface area contributed by atoms with E-state index in [0.29, 0.717) is 24.6 Å². The number of piperidine rings is 1. The number of carbonyl (C=O) groups is 1. The summed E-state index contributed by atoms with van der Waals surface area (Å²) in [5.41, 5.74) is 0.794. The predicted molar refractivity (Wildman–Crippen MR) is 69.8 cm³/mol. The van der Waals surface area contributed by atoms with Crippen LogP contribution in [-0.4, -0.2) is 34.2 Å². The van der Waals surface area contributed by atoms with E-state index in [0.717, 1.165) is 25.1 Å². The van der Waals surface area contributed by atoms with Gasteiger partial charge in [0.1, 0.15) is 0 Å². The summed E-state index contributed by atoms with van der Waals surface area (Å²) >= 11 is 0. The highest BCUT2D eigenvalue weighted by Gasteiger charge is 2.25. The Hall–Kier alpha value is -2.08. The molecule has 0 radical (unpaired) electrons. The molecule has 0 bridgehead atoms. The smallest absolute Gasteiger partial charge is 0.307 e. The van der Waals surface area contributed by atoms with E-state index >= 15 is 0 Å². The first-order chi connectivity index (χ1) is 9.72. The Kier molecular flexibility index (Phi) is 3.56. The first-order valence-corrected chi connectivity index (χ1v) is 6.67. The number of hydrogen-bond acceptors (Lipinski definition) is 5. The summed E-state index contributed by atoms with van der Waals surface area (Å²) in [6.45, 7) is 2.07. The van der Waals surface area contributed by atoms with Crippen molar-refractivity contribution in [1.29, 1.82) is 0 Å². The van der Waals surface area contributed by atoms with Crippen molar-refractivity contribution in [2.75, 3.05) is 13.1 Å². The number of hydrogen-bond donors (Lipinski definition) is 1. The molecule has 106 valence electrons. The molecular formula is C14H16N2O4. The molecule has 0 aliphatic carbocycles. The number of carboxylic acids is 1. The van der Waals surface area contributed by atoms with E-state index in [-0.39, 0.29) is 5.92 Å². The molecule has 1 N–H and O–H groups in total. The minimum absolute atomic E-state index is 0.278. The number of aliphatic carboxylic acids is 1. The average molecular weight is 276 g/mol. The summed E-state index contributed by atoms with van der Waals surface area (Å²) in [4.78, 5) is 13.1. The highest BCUT2D eigenvalue weighted by Crippen LogP contribution is 2.23. The second-order valence-corrected chi connectivity index (χ2v) is 5.07. The molecule has 1 saturated heterocycles. The summed E-state index contributed by atoms with van der Waals surface area (Å²) in [5.74, 6) is 0.244. The number of likely N-dealkylation sites (tertiary alicyclic amines) is 1. The van der Waals surface area contributed by atoms with Gasteiger partial charge in [-0.1, -0.05) is 5.16 Å². The van der Waals surface area contributed by atoms with Crippen molar-refractivity contribution in [1.82, 2.24) is 10.1 Å². The molecule has 2 aromatic heterocycles. The van der Waals surface area contributed by atoms with Gasteiger partial charge in [0.2, 0.25) is 5.76 Å². The number of aromatic nitrogens is 1. The first-order valence-electron chi connectivity index (χ1n) is 6.67. The van der Waals surface area contributed by atoms with Gasteiger partial charge in [0.25, 0.3) is 0 Å². The van der Waals surface area contributed by atoms with Crippen LogP contribution >= 0.6 is 0 Å². The molecule has 6 nitrogen and oxygen atoms in total. The first kappa shape index (κ1) is 12.9. The lowest BCUT2D eigenvalue weighted by molar-refractivity contribution is -0.143. The van der Waals surface area contributed by atoms with Crippen molar-refractivity contribution in [3.8, 4) is 11.5 Å². The average Bonchev–Trinajstić information content (AvgIpc) is 3.09. The van der Waals surface area contributed by atoms with Gasteiger partial charge >= 0.3 is 5.97 Å². The van der Waals surface area contributed by atoms with Crippen LogP contribution in [0, 0.1) is 5.92 Å². The van der Waals surface area contributed by atoms with E-state index in [4.69, 9.17) is 14.0 Å². The molecule has 2 aromatic rings. The molecule has 0 spiro atoms. The van der Waals surface area contributed by atoms with Crippen molar-refractivity contribution in [2.45, 2.75) is 19.4 Å². The van der Waals surface area contributed by atoms with E-state index in [1.807, 2.05) is 12.1 Å². The van der Waals surface area contributed by atoms with E-state index in [1.165, 1.54) is 0 Å². The Balaban J connectivity index is 1.64. The quantitative estimate of drug-likeness (QED) is 0.922. The maximum absolute atomic E-state index is 11.0. The summed E-state index contributed by atoms with van der Waals surface area (Å²) in [6, 6.07) is 5.44. The van der Waals surface area contributed by atoms with E-state index in [2.05, 4.69) is 10.1 Å². The van der Waals surface area contributed by atoms with Gasteiger partial charge in [0.05, 0.1) is 17.9 Å². The van der Waals surface area contributed by atoms with Gasteiger partial charge in [0, 0.05) is 19.2 Å². The number of nitrogens with zero attached hydrogens (tertiary/aromatic N) is 2. The zero-order chi connectivity index (χ0) is 13.9. The van der Waals surface area contributed by atoms with Crippen molar-refractivity contribution in [3.05, 3.63) is 30.2 Å². The van der Waals surface area contributed by atoms with Gasteiger partial charge in [0.15, 0.2) is 5.76 Å². The fourth-order valence-electron chi connectivity index (χ4n) is 2.55. The van der Waals surface area contributed by atoms with Crippen LogP contribution in [0.15, 0.2) is 33.4 Å². The van der Waals surface area contributed by atoms with Gasteiger partial charge < -0.3 is 14.0 Å². The van der Waals surface area contributed by atoms with Crippen molar-refractivity contribution >= 4 is 5.97 Å². The lowest BCUT2D eigenvalue weighted by Gasteiger charge is -2.29. The zero-order valence-electron chi connectivity index (χ0n) is 11.0. The monoisotopic (exact) mass is 276 g/mol. The second-order valence-electron chi connectivity index (χ2n) is 5.07. The van der Waals surface area contributed by atoms with Crippen LogP contribution in [0.4, 0.5) is 0 Å². The predicted octanol–water partition coefficient (Wildman–Crippen LogP) is 2.23. The van der Waals surface area contributed by atoms with Crippen molar-refractivity contribution in [3.63, 3.8) is 0 Å². The molecule has 1 fully saturated rings. The topological polar surface area (TPSA) is 79.7 Å². The highest BCUT2D eigenvalue weighted by atomic mass is 16.5. The molecule has 0 aromatic carbocycles. The third-order valence-electron chi connectivity index (χ3n) is 3.56.